The fourth-order valence-corrected chi connectivity index (χ4v) is 2.97. The van der Waals surface area contributed by atoms with Gasteiger partial charge in [-0.3, -0.25) is 24.3 Å². The molecule has 162 valence electrons. The quantitative estimate of drug-likeness (QED) is 0.208. The van der Waals surface area contributed by atoms with Crippen molar-refractivity contribution in [3.8, 4) is 5.75 Å². The van der Waals surface area contributed by atoms with E-state index in [0.29, 0.717) is 23.4 Å². The molecule has 0 radical (unpaired) electrons. The summed E-state index contributed by atoms with van der Waals surface area (Å²) in [6.07, 6.45) is 0.254. The van der Waals surface area contributed by atoms with Crippen molar-refractivity contribution in [2.45, 2.75) is 26.3 Å². The van der Waals surface area contributed by atoms with Crippen LogP contribution in [-0.4, -0.2) is 34.5 Å². The van der Waals surface area contributed by atoms with Gasteiger partial charge in [-0.15, -0.1) is 0 Å². The van der Waals surface area contributed by atoms with Crippen LogP contribution in [0, 0.1) is 10.1 Å². The number of rotatable bonds is 10. The van der Waals surface area contributed by atoms with Crippen molar-refractivity contribution in [3.63, 3.8) is 0 Å². The first-order valence-corrected chi connectivity index (χ1v) is 9.58. The molecule has 0 atom stereocenters. The molecule has 0 amide bonds. The van der Waals surface area contributed by atoms with E-state index in [1.54, 1.807) is 24.3 Å². The first kappa shape index (κ1) is 21.8. The van der Waals surface area contributed by atoms with Crippen molar-refractivity contribution >= 4 is 28.5 Å². The Hall–Kier alpha value is -3.95. The molecule has 0 bridgehead atoms. The largest absolute Gasteiger partial charge is 0.494 e. The zero-order valence-electron chi connectivity index (χ0n) is 16.7. The van der Waals surface area contributed by atoms with Crippen LogP contribution in [0.25, 0.3) is 11.1 Å². The monoisotopic (exact) mass is 428 g/mol. The highest BCUT2D eigenvalue weighted by Gasteiger charge is 2.15. The molecule has 0 aliphatic heterocycles. The number of nitro groups is 1. The number of Topliss-reactive ketones (excluding diaryl/α,β-unsaturated/α-hetero) is 1. The molecule has 0 unspecified atom stereocenters. The molecule has 0 saturated heterocycles. The van der Waals surface area contributed by atoms with Crippen molar-refractivity contribution in [1.29, 1.82) is 0 Å². The summed E-state index contributed by atoms with van der Waals surface area (Å²) < 4.78 is 16.6. The van der Waals surface area contributed by atoms with Gasteiger partial charge in [-0.05, 0) is 43.7 Å². The van der Waals surface area contributed by atoms with Crippen molar-refractivity contribution < 1.29 is 28.4 Å². The second kappa shape index (κ2) is 9.70. The number of carbonyl (C=O) groups is 2. The number of fused-ring (bicyclic) bond motifs is 1. The minimum Gasteiger partial charge on any atom is -0.494 e. The van der Waals surface area contributed by atoms with Crippen LogP contribution in [0.15, 0.2) is 51.7 Å². The SMILES string of the molecule is CCOc1ccc(C(=O)COC(=O)CCCn2c(=O)oc3cc([N+](=O)[O-])ccc32)cc1. The third kappa shape index (κ3) is 5.35. The second-order valence-corrected chi connectivity index (χ2v) is 6.57. The molecule has 0 aliphatic carbocycles. The first-order valence-electron chi connectivity index (χ1n) is 9.58. The standard InChI is InChI=1S/C21H20N2O8/c1-2-29-16-8-5-14(6-9-16)18(24)13-30-20(25)4-3-11-22-17-10-7-15(23(27)28)12-19(17)31-21(22)26/h5-10,12H,2-4,11,13H2,1H3. The van der Waals surface area contributed by atoms with Crippen LogP contribution >= 0.6 is 0 Å². The van der Waals surface area contributed by atoms with Crippen LogP contribution in [0.2, 0.25) is 0 Å². The summed E-state index contributed by atoms with van der Waals surface area (Å²) in [5, 5.41) is 10.8. The zero-order valence-corrected chi connectivity index (χ0v) is 16.7. The lowest BCUT2D eigenvalue weighted by Gasteiger charge is -2.06. The van der Waals surface area contributed by atoms with Crippen molar-refractivity contribution in [3.05, 3.63) is 68.7 Å². The van der Waals surface area contributed by atoms with E-state index in [4.69, 9.17) is 13.9 Å². The summed E-state index contributed by atoms with van der Waals surface area (Å²) in [5.74, 6) is -0.937. The van der Waals surface area contributed by atoms with E-state index in [9.17, 15) is 24.5 Å². The Morgan fingerprint density at radius 3 is 2.58 bits per heavy atom. The lowest BCUT2D eigenvalue weighted by atomic mass is 10.1. The van der Waals surface area contributed by atoms with Crippen LogP contribution in [0.4, 0.5) is 5.69 Å². The molecular formula is C21H20N2O8. The molecule has 10 heteroatoms. The topological polar surface area (TPSA) is 131 Å². The van der Waals surface area contributed by atoms with Crippen LogP contribution in [0.1, 0.15) is 30.1 Å². The maximum Gasteiger partial charge on any atom is 0.419 e. The van der Waals surface area contributed by atoms with Crippen molar-refractivity contribution in [2.75, 3.05) is 13.2 Å². The molecule has 3 aromatic rings. The molecule has 0 fully saturated rings. The van der Waals surface area contributed by atoms with Crippen molar-refractivity contribution in [2.24, 2.45) is 0 Å². The van der Waals surface area contributed by atoms with Gasteiger partial charge >= 0.3 is 11.7 Å². The van der Waals surface area contributed by atoms with E-state index >= 15 is 0 Å². The number of aryl methyl sites for hydroxylation is 1. The van der Waals surface area contributed by atoms with Gasteiger partial charge in [-0.1, -0.05) is 0 Å². The molecular weight excluding hydrogens is 408 g/mol. The average molecular weight is 428 g/mol. The van der Waals surface area contributed by atoms with Crippen LogP contribution in [-0.2, 0) is 16.1 Å². The smallest absolute Gasteiger partial charge is 0.419 e. The maximum atomic E-state index is 12.1. The number of carbonyl (C=O) groups excluding carboxylic acids is 2. The van der Waals surface area contributed by atoms with E-state index in [1.807, 2.05) is 6.92 Å². The molecule has 31 heavy (non-hydrogen) atoms. The average Bonchev–Trinajstić information content (AvgIpc) is 3.07. The lowest BCUT2D eigenvalue weighted by Crippen LogP contribution is -2.17. The highest BCUT2D eigenvalue weighted by molar-refractivity contribution is 5.98. The molecule has 10 nitrogen and oxygen atoms in total. The van der Waals surface area contributed by atoms with Crippen molar-refractivity contribution in [1.82, 2.24) is 4.57 Å². The summed E-state index contributed by atoms with van der Waals surface area (Å²) >= 11 is 0. The van der Waals surface area contributed by atoms with Gasteiger partial charge in [-0.2, -0.15) is 0 Å². The summed E-state index contributed by atoms with van der Waals surface area (Å²) in [7, 11) is 0. The number of benzene rings is 2. The number of hydrogen-bond donors (Lipinski definition) is 0. The number of ether oxygens (including phenoxy) is 2. The summed E-state index contributed by atoms with van der Waals surface area (Å²) in [5.41, 5.74) is 0.716. The Balaban J connectivity index is 1.50. The van der Waals surface area contributed by atoms with Gasteiger partial charge in [0.25, 0.3) is 5.69 Å². The lowest BCUT2D eigenvalue weighted by molar-refractivity contribution is -0.384. The number of non-ortho nitro benzene ring substituents is 1. The predicted molar refractivity (Wildman–Crippen MR) is 109 cm³/mol. The van der Waals surface area contributed by atoms with Gasteiger partial charge in [0.15, 0.2) is 18.0 Å². The Labute approximate surface area is 176 Å². The second-order valence-electron chi connectivity index (χ2n) is 6.57. The summed E-state index contributed by atoms with van der Waals surface area (Å²) in [4.78, 5) is 46.3. The van der Waals surface area contributed by atoms with E-state index in [1.165, 1.54) is 22.8 Å². The van der Waals surface area contributed by atoms with Gasteiger partial charge in [0.1, 0.15) is 5.75 Å². The normalized spacial score (nSPS) is 10.7. The number of aromatic nitrogens is 1. The van der Waals surface area contributed by atoms with Crippen LogP contribution < -0.4 is 10.5 Å². The molecule has 1 heterocycles. The Morgan fingerprint density at radius 2 is 1.90 bits per heavy atom. The molecule has 3 rings (SSSR count). The van der Waals surface area contributed by atoms with E-state index < -0.39 is 16.6 Å². The summed E-state index contributed by atoms with van der Waals surface area (Å²) in [6.45, 7) is 2.15. The minimum atomic E-state index is -0.672. The molecule has 0 spiro atoms. The molecule has 0 saturated carbocycles. The molecule has 1 aromatic heterocycles. The third-order valence-electron chi connectivity index (χ3n) is 4.48. The van der Waals surface area contributed by atoms with Gasteiger partial charge < -0.3 is 13.9 Å². The number of ketones is 1. The first-order chi connectivity index (χ1) is 14.9. The fourth-order valence-electron chi connectivity index (χ4n) is 2.97. The number of nitro benzene ring substituents is 1. The minimum absolute atomic E-state index is 0.0113. The number of esters is 1. The molecule has 0 N–H and O–H groups in total. The Bertz CT molecular complexity index is 1160. The Morgan fingerprint density at radius 1 is 1.16 bits per heavy atom. The molecule has 0 aliphatic rings. The van der Waals surface area contributed by atoms with Gasteiger partial charge in [0, 0.05) is 24.6 Å². The van der Waals surface area contributed by atoms with Gasteiger partial charge in [0.05, 0.1) is 23.1 Å². The van der Waals surface area contributed by atoms with E-state index in [2.05, 4.69) is 0 Å². The van der Waals surface area contributed by atoms with E-state index in [0.717, 1.165) is 0 Å². The highest BCUT2D eigenvalue weighted by atomic mass is 16.6. The Kier molecular flexibility index (Phi) is 6.81. The number of nitrogens with zero attached hydrogens (tertiary/aromatic N) is 2. The van der Waals surface area contributed by atoms with Crippen LogP contribution in [0.3, 0.4) is 0 Å². The number of oxazole rings is 1. The van der Waals surface area contributed by atoms with Gasteiger partial charge in [-0.25, -0.2) is 4.79 Å². The zero-order chi connectivity index (χ0) is 22.4. The maximum absolute atomic E-state index is 12.1. The van der Waals surface area contributed by atoms with E-state index in [-0.39, 0.29) is 43.0 Å². The fraction of sp³-hybridized carbons (Fsp3) is 0.286. The summed E-state index contributed by atoms with van der Waals surface area (Å²) in [6, 6.07) is 10.4. The third-order valence-corrected chi connectivity index (χ3v) is 4.48. The van der Waals surface area contributed by atoms with Gasteiger partial charge in [0.2, 0.25) is 0 Å². The highest BCUT2D eigenvalue weighted by Crippen LogP contribution is 2.20. The molecule has 2 aromatic carbocycles. The van der Waals surface area contributed by atoms with Crippen LogP contribution in [0.5, 0.6) is 5.75 Å². The number of hydrogen-bond acceptors (Lipinski definition) is 8. The predicted octanol–water partition coefficient (Wildman–Crippen LogP) is 3.11.